The van der Waals surface area contributed by atoms with Crippen molar-refractivity contribution in [2.75, 3.05) is 31.6 Å². The number of likely N-dealkylation sites (N-methyl/N-ethyl adjacent to an activating group) is 1. The molecule has 12 heteroatoms. The second-order valence-corrected chi connectivity index (χ2v) is 10.4. The molecule has 2 amide bonds. The van der Waals surface area contributed by atoms with E-state index in [1.807, 2.05) is 6.07 Å². The van der Waals surface area contributed by atoms with Crippen LogP contribution < -0.4 is 4.90 Å². The summed E-state index contributed by atoms with van der Waals surface area (Å²) in [5.41, 5.74) is -0.277. The van der Waals surface area contributed by atoms with Gasteiger partial charge in [-0.1, -0.05) is 30.3 Å². The van der Waals surface area contributed by atoms with Crippen molar-refractivity contribution in [3.63, 3.8) is 0 Å². The van der Waals surface area contributed by atoms with Gasteiger partial charge < -0.3 is 28.7 Å². The number of anilines is 1. The fraction of sp³-hybridized carbons (Fsp3) is 0.414. The van der Waals surface area contributed by atoms with Crippen LogP contribution in [0.15, 0.2) is 48.5 Å². The molecular formula is C29H33FN2O9. The number of carbonyl (C=O) groups excluding carboxylic acids is 5. The molecule has 0 spiro atoms. The summed E-state index contributed by atoms with van der Waals surface area (Å²) >= 11 is 0. The normalized spacial score (nSPS) is 16.0. The van der Waals surface area contributed by atoms with Crippen LogP contribution >= 0.6 is 0 Å². The Kier molecular flexibility index (Phi) is 10.2. The maximum Gasteiger partial charge on any atom is 0.351 e. The first-order valence-electron chi connectivity index (χ1n) is 12.8. The topological polar surface area (TPSA) is 129 Å². The van der Waals surface area contributed by atoms with E-state index in [4.69, 9.17) is 18.9 Å². The smallest absolute Gasteiger partial charge is 0.351 e. The van der Waals surface area contributed by atoms with E-state index >= 15 is 0 Å². The van der Waals surface area contributed by atoms with Crippen LogP contribution in [0.2, 0.25) is 0 Å². The standard InChI is InChI=1S/C29H33FN2O9/c1-18(33)40-25(28(37)41-29(2,3)4)24-27(36)32(11-12-38-24)22-14-20(13-21(30)15-22)26(35)31(5)16-23(34)39-17-19-9-7-6-8-10-19/h6-10,13-15,24-25H,11-12,16-17H2,1-5H3/t24?,25-/m1/s1. The quantitative estimate of drug-likeness (QED) is 0.329. The van der Waals surface area contributed by atoms with Crippen LogP contribution in [0.3, 0.4) is 0 Å². The minimum atomic E-state index is -1.70. The molecule has 3 rings (SSSR count). The summed E-state index contributed by atoms with van der Waals surface area (Å²) in [6, 6.07) is 12.3. The molecule has 1 fully saturated rings. The van der Waals surface area contributed by atoms with Gasteiger partial charge in [-0.2, -0.15) is 0 Å². The van der Waals surface area contributed by atoms with Crippen molar-refractivity contribution in [3.8, 4) is 0 Å². The van der Waals surface area contributed by atoms with Gasteiger partial charge in [-0.05, 0) is 44.5 Å². The Morgan fingerprint density at radius 3 is 2.44 bits per heavy atom. The largest absolute Gasteiger partial charge is 0.459 e. The highest BCUT2D eigenvalue weighted by molar-refractivity contribution is 6.02. The van der Waals surface area contributed by atoms with Gasteiger partial charge in [0.1, 0.15) is 24.6 Å². The van der Waals surface area contributed by atoms with Gasteiger partial charge in [0.05, 0.1) is 6.61 Å². The third-order valence-corrected chi connectivity index (χ3v) is 5.73. The summed E-state index contributed by atoms with van der Waals surface area (Å²) in [6.07, 6.45) is -3.27. The number of ether oxygens (including phenoxy) is 4. The number of rotatable bonds is 9. The van der Waals surface area contributed by atoms with Gasteiger partial charge in [-0.25, -0.2) is 9.18 Å². The van der Waals surface area contributed by atoms with Gasteiger partial charge in [-0.3, -0.25) is 19.2 Å². The van der Waals surface area contributed by atoms with E-state index in [-0.39, 0.29) is 31.0 Å². The second-order valence-electron chi connectivity index (χ2n) is 10.4. The molecule has 0 N–H and O–H groups in total. The first kappa shape index (κ1) is 31.2. The van der Waals surface area contributed by atoms with Crippen molar-refractivity contribution in [1.29, 1.82) is 0 Å². The Morgan fingerprint density at radius 2 is 1.80 bits per heavy atom. The highest BCUT2D eigenvalue weighted by atomic mass is 19.1. The molecule has 0 bridgehead atoms. The molecule has 2 aromatic carbocycles. The highest BCUT2D eigenvalue weighted by Crippen LogP contribution is 2.25. The maximum absolute atomic E-state index is 14.7. The van der Waals surface area contributed by atoms with E-state index in [9.17, 15) is 28.4 Å². The first-order chi connectivity index (χ1) is 19.2. The molecule has 1 aliphatic heterocycles. The van der Waals surface area contributed by atoms with Crippen molar-refractivity contribution in [2.45, 2.75) is 52.1 Å². The van der Waals surface area contributed by atoms with Crippen LogP contribution in [0.1, 0.15) is 43.6 Å². The number of esters is 3. The predicted octanol–water partition coefficient (Wildman–Crippen LogP) is 2.65. The van der Waals surface area contributed by atoms with E-state index in [0.29, 0.717) is 0 Å². The van der Waals surface area contributed by atoms with Gasteiger partial charge in [0.15, 0.2) is 6.10 Å². The summed E-state index contributed by atoms with van der Waals surface area (Å²) in [7, 11) is 1.36. The van der Waals surface area contributed by atoms with E-state index in [1.165, 1.54) is 13.1 Å². The molecule has 1 unspecified atom stereocenters. The molecule has 11 nitrogen and oxygen atoms in total. The minimum Gasteiger partial charge on any atom is -0.459 e. The SMILES string of the molecule is CC(=O)O[C@@H](C(=O)OC(C)(C)C)C1OCCN(c2cc(F)cc(C(=O)N(C)CC(=O)OCc3ccccc3)c2)C1=O. The van der Waals surface area contributed by atoms with Crippen LogP contribution in [0, 0.1) is 5.82 Å². The third kappa shape index (κ3) is 8.84. The molecular weight excluding hydrogens is 539 g/mol. The van der Waals surface area contributed by atoms with Crippen molar-refractivity contribution in [2.24, 2.45) is 0 Å². The lowest BCUT2D eigenvalue weighted by Crippen LogP contribution is -2.56. The lowest BCUT2D eigenvalue weighted by atomic mass is 10.1. The van der Waals surface area contributed by atoms with E-state index < -0.39 is 59.9 Å². The molecule has 41 heavy (non-hydrogen) atoms. The molecule has 2 atom stereocenters. The van der Waals surface area contributed by atoms with Crippen molar-refractivity contribution >= 4 is 35.4 Å². The molecule has 0 radical (unpaired) electrons. The number of morpholine rings is 1. The number of nitrogens with zero attached hydrogens (tertiary/aromatic N) is 2. The molecule has 1 heterocycles. The molecule has 0 aromatic heterocycles. The molecule has 220 valence electrons. The summed E-state index contributed by atoms with van der Waals surface area (Å²) in [5.74, 6) is -4.78. The Balaban J connectivity index is 1.75. The Morgan fingerprint density at radius 1 is 1.12 bits per heavy atom. The number of amides is 2. The minimum absolute atomic E-state index is 0.0115. The zero-order valence-electron chi connectivity index (χ0n) is 23.5. The average molecular weight is 573 g/mol. The summed E-state index contributed by atoms with van der Waals surface area (Å²) < 4.78 is 35.8. The Bertz CT molecular complexity index is 1290. The van der Waals surface area contributed by atoms with E-state index in [2.05, 4.69) is 0 Å². The molecule has 1 saturated heterocycles. The van der Waals surface area contributed by atoms with Gasteiger partial charge in [-0.15, -0.1) is 0 Å². The van der Waals surface area contributed by atoms with Crippen LogP contribution in [-0.4, -0.2) is 79.2 Å². The van der Waals surface area contributed by atoms with Crippen LogP contribution in [0.25, 0.3) is 0 Å². The van der Waals surface area contributed by atoms with Gasteiger partial charge in [0, 0.05) is 31.8 Å². The van der Waals surface area contributed by atoms with Crippen molar-refractivity contribution in [1.82, 2.24) is 4.90 Å². The highest BCUT2D eigenvalue weighted by Gasteiger charge is 2.44. The van der Waals surface area contributed by atoms with Crippen molar-refractivity contribution in [3.05, 3.63) is 65.5 Å². The van der Waals surface area contributed by atoms with Crippen LogP contribution in [0.4, 0.5) is 10.1 Å². The molecule has 0 saturated carbocycles. The lowest BCUT2D eigenvalue weighted by molar-refractivity contribution is -0.188. The number of hydrogen-bond acceptors (Lipinski definition) is 9. The lowest BCUT2D eigenvalue weighted by Gasteiger charge is -2.35. The average Bonchev–Trinajstić information content (AvgIpc) is 2.89. The maximum atomic E-state index is 14.7. The fourth-order valence-electron chi connectivity index (χ4n) is 3.97. The zero-order valence-corrected chi connectivity index (χ0v) is 23.5. The molecule has 0 aliphatic carbocycles. The monoisotopic (exact) mass is 572 g/mol. The van der Waals surface area contributed by atoms with Crippen LogP contribution in [0.5, 0.6) is 0 Å². The third-order valence-electron chi connectivity index (χ3n) is 5.73. The fourth-order valence-corrected chi connectivity index (χ4v) is 3.97. The van der Waals surface area contributed by atoms with E-state index in [1.54, 1.807) is 45.0 Å². The van der Waals surface area contributed by atoms with E-state index in [0.717, 1.165) is 34.4 Å². The van der Waals surface area contributed by atoms with Gasteiger partial charge in [0.2, 0.25) is 6.10 Å². The molecule has 2 aromatic rings. The zero-order chi connectivity index (χ0) is 30.3. The number of benzene rings is 2. The predicted molar refractivity (Wildman–Crippen MR) is 143 cm³/mol. The van der Waals surface area contributed by atoms with Gasteiger partial charge >= 0.3 is 17.9 Å². The molecule has 1 aliphatic rings. The van der Waals surface area contributed by atoms with Crippen molar-refractivity contribution < 1.29 is 47.3 Å². The van der Waals surface area contributed by atoms with Gasteiger partial charge in [0.25, 0.3) is 11.8 Å². The summed E-state index contributed by atoms with van der Waals surface area (Å²) in [6.45, 7) is 5.42. The number of hydrogen-bond donors (Lipinski definition) is 0. The Hall–Kier alpha value is -4.32. The Labute approximate surface area is 237 Å². The summed E-state index contributed by atoms with van der Waals surface area (Å²) in [4.78, 5) is 65.4. The van der Waals surface area contributed by atoms with Crippen LogP contribution in [-0.2, 0) is 44.7 Å². The number of carbonyl (C=O) groups is 5. The first-order valence-corrected chi connectivity index (χ1v) is 12.8. The number of halogens is 1. The summed E-state index contributed by atoms with van der Waals surface area (Å²) in [5, 5.41) is 0. The second kappa shape index (κ2) is 13.4.